The molecule has 3 atom stereocenters. The maximum absolute atomic E-state index is 13.0. The summed E-state index contributed by atoms with van der Waals surface area (Å²) in [6.45, 7) is 4.48. The van der Waals surface area contributed by atoms with Crippen LogP contribution < -0.4 is 15.0 Å². The SMILES string of the molecule is COc1cccc(C=C2Sc3ccc(C(=O)NC4CCCC(C)C4C)cc3N(C)C2=O)c1. The van der Waals surface area contributed by atoms with Crippen molar-refractivity contribution in [3.63, 3.8) is 0 Å². The number of anilines is 1. The number of amides is 2. The van der Waals surface area contributed by atoms with Crippen LogP contribution in [-0.2, 0) is 4.79 Å². The van der Waals surface area contributed by atoms with Crippen molar-refractivity contribution < 1.29 is 14.3 Å². The summed E-state index contributed by atoms with van der Waals surface area (Å²) in [5.74, 6) is 1.68. The molecule has 1 heterocycles. The van der Waals surface area contributed by atoms with Crippen LogP contribution in [0.2, 0.25) is 0 Å². The lowest BCUT2D eigenvalue weighted by Crippen LogP contribution is -2.43. The number of methoxy groups -OCH3 is 1. The van der Waals surface area contributed by atoms with Crippen LogP contribution in [0.5, 0.6) is 5.75 Å². The molecule has 6 heteroatoms. The fourth-order valence-electron chi connectivity index (χ4n) is 4.46. The van der Waals surface area contributed by atoms with Gasteiger partial charge in [-0.15, -0.1) is 0 Å². The van der Waals surface area contributed by atoms with E-state index < -0.39 is 0 Å². The van der Waals surface area contributed by atoms with Crippen molar-refractivity contribution in [3.05, 3.63) is 58.5 Å². The standard InChI is InChI=1S/C26H30N2O3S/c1-16-7-5-10-21(17(16)2)27-25(29)19-11-12-23-22(15-19)28(3)26(30)24(32-23)14-18-8-6-9-20(13-18)31-4/h6,8-9,11-17,21H,5,7,10H2,1-4H3,(H,27,29). The molecule has 1 fully saturated rings. The first-order chi connectivity index (χ1) is 15.4. The highest BCUT2D eigenvalue weighted by molar-refractivity contribution is 8.04. The summed E-state index contributed by atoms with van der Waals surface area (Å²) in [7, 11) is 3.38. The van der Waals surface area contributed by atoms with Gasteiger partial charge in [0, 0.05) is 23.5 Å². The number of hydrogen-bond acceptors (Lipinski definition) is 4. The van der Waals surface area contributed by atoms with Gasteiger partial charge in [0.25, 0.3) is 11.8 Å². The molecule has 1 N–H and O–H groups in total. The molecule has 2 amide bonds. The van der Waals surface area contributed by atoms with Crippen LogP contribution in [0.4, 0.5) is 5.69 Å². The van der Waals surface area contributed by atoms with Crippen LogP contribution in [0, 0.1) is 11.8 Å². The van der Waals surface area contributed by atoms with Crippen molar-refractivity contribution in [1.29, 1.82) is 0 Å². The maximum atomic E-state index is 13.0. The fourth-order valence-corrected chi connectivity index (χ4v) is 5.55. The van der Waals surface area contributed by atoms with E-state index in [1.807, 2.05) is 48.5 Å². The number of fused-ring (bicyclic) bond motifs is 1. The zero-order valence-corrected chi connectivity index (χ0v) is 19.9. The molecule has 3 unspecified atom stereocenters. The first-order valence-corrected chi connectivity index (χ1v) is 12.0. The molecular weight excluding hydrogens is 420 g/mol. The van der Waals surface area contributed by atoms with Crippen molar-refractivity contribution in [2.24, 2.45) is 11.8 Å². The molecule has 2 aromatic carbocycles. The molecule has 0 bridgehead atoms. The van der Waals surface area contributed by atoms with Crippen LogP contribution >= 0.6 is 11.8 Å². The number of thioether (sulfide) groups is 1. The lowest BCUT2D eigenvalue weighted by molar-refractivity contribution is -0.114. The molecule has 2 aromatic rings. The Hall–Kier alpha value is -2.73. The summed E-state index contributed by atoms with van der Waals surface area (Å²) in [5, 5.41) is 3.23. The molecule has 0 spiro atoms. The van der Waals surface area contributed by atoms with Crippen LogP contribution in [0.1, 0.15) is 49.0 Å². The van der Waals surface area contributed by atoms with Gasteiger partial charge in [-0.1, -0.05) is 50.6 Å². The van der Waals surface area contributed by atoms with Crippen molar-refractivity contribution in [3.8, 4) is 5.75 Å². The number of rotatable bonds is 4. The van der Waals surface area contributed by atoms with Gasteiger partial charge in [0.2, 0.25) is 0 Å². The average molecular weight is 451 g/mol. The predicted molar refractivity (Wildman–Crippen MR) is 130 cm³/mol. The quantitative estimate of drug-likeness (QED) is 0.637. The van der Waals surface area contributed by atoms with Crippen LogP contribution in [0.25, 0.3) is 6.08 Å². The minimum atomic E-state index is -0.0856. The lowest BCUT2D eigenvalue weighted by atomic mass is 9.78. The highest BCUT2D eigenvalue weighted by Gasteiger charge is 2.30. The van der Waals surface area contributed by atoms with E-state index in [9.17, 15) is 9.59 Å². The van der Waals surface area contributed by atoms with Gasteiger partial charge in [0.05, 0.1) is 17.7 Å². The number of nitrogens with zero attached hydrogens (tertiary/aromatic N) is 1. The third-order valence-corrected chi connectivity index (χ3v) is 7.81. The van der Waals surface area contributed by atoms with Crippen LogP contribution in [-0.4, -0.2) is 32.0 Å². The van der Waals surface area contributed by atoms with E-state index in [0.29, 0.717) is 22.3 Å². The summed E-state index contributed by atoms with van der Waals surface area (Å²) in [6, 6.07) is 13.4. The van der Waals surface area contributed by atoms with Gasteiger partial charge in [0.1, 0.15) is 5.75 Å². The molecule has 4 rings (SSSR count). The maximum Gasteiger partial charge on any atom is 0.264 e. The second-order valence-electron chi connectivity index (χ2n) is 8.78. The number of nitrogens with one attached hydrogen (secondary N) is 1. The molecule has 32 heavy (non-hydrogen) atoms. The Bertz CT molecular complexity index is 1060. The average Bonchev–Trinajstić information content (AvgIpc) is 2.80. The number of carbonyl (C=O) groups excluding carboxylic acids is 2. The number of ether oxygens (including phenoxy) is 1. The lowest BCUT2D eigenvalue weighted by Gasteiger charge is -2.34. The summed E-state index contributed by atoms with van der Waals surface area (Å²) in [4.78, 5) is 29.2. The van der Waals surface area contributed by atoms with Gasteiger partial charge in [0.15, 0.2) is 0 Å². The van der Waals surface area contributed by atoms with Crippen molar-refractivity contribution in [2.75, 3.05) is 19.1 Å². The van der Waals surface area contributed by atoms with Gasteiger partial charge in [-0.3, -0.25) is 9.59 Å². The Labute approximate surface area is 194 Å². The van der Waals surface area contributed by atoms with E-state index >= 15 is 0 Å². The fraction of sp³-hybridized carbons (Fsp3) is 0.385. The normalized spacial score (nSPS) is 24.2. The summed E-state index contributed by atoms with van der Waals surface area (Å²) < 4.78 is 5.28. The second kappa shape index (κ2) is 9.41. The zero-order chi connectivity index (χ0) is 22.8. The molecule has 0 radical (unpaired) electrons. The monoisotopic (exact) mass is 450 g/mol. The molecule has 2 aliphatic rings. The molecule has 1 saturated carbocycles. The summed E-state index contributed by atoms with van der Waals surface area (Å²) >= 11 is 1.43. The Balaban J connectivity index is 1.55. The molecule has 1 aliphatic carbocycles. The Morgan fingerprint density at radius 2 is 2.00 bits per heavy atom. The highest BCUT2D eigenvalue weighted by Crippen LogP contribution is 2.42. The number of carbonyl (C=O) groups is 2. The van der Waals surface area contributed by atoms with Crippen molar-refractivity contribution in [2.45, 2.75) is 44.0 Å². The first-order valence-electron chi connectivity index (χ1n) is 11.1. The summed E-state index contributed by atoms with van der Waals surface area (Å²) in [5.41, 5.74) is 2.26. The Kier molecular flexibility index (Phi) is 6.60. The van der Waals surface area contributed by atoms with Crippen LogP contribution in [0.3, 0.4) is 0 Å². The largest absolute Gasteiger partial charge is 0.497 e. The number of hydrogen-bond donors (Lipinski definition) is 1. The van der Waals surface area contributed by atoms with Gasteiger partial charge in [-0.2, -0.15) is 0 Å². The minimum absolute atomic E-state index is 0.0673. The van der Waals surface area contributed by atoms with Gasteiger partial charge in [-0.05, 0) is 60.2 Å². The molecule has 0 saturated heterocycles. The molecule has 5 nitrogen and oxygen atoms in total. The van der Waals surface area contributed by atoms with Crippen molar-refractivity contribution in [1.82, 2.24) is 5.32 Å². The zero-order valence-electron chi connectivity index (χ0n) is 19.1. The third-order valence-electron chi connectivity index (χ3n) is 6.73. The van der Waals surface area contributed by atoms with Gasteiger partial charge >= 0.3 is 0 Å². The smallest absolute Gasteiger partial charge is 0.264 e. The minimum Gasteiger partial charge on any atom is -0.497 e. The predicted octanol–water partition coefficient (Wildman–Crippen LogP) is 5.36. The molecule has 168 valence electrons. The van der Waals surface area contributed by atoms with E-state index in [4.69, 9.17) is 4.74 Å². The first kappa shape index (κ1) is 22.5. The van der Waals surface area contributed by atoms with E-state index in [-0.39, 0.29) is 17.9 Å². The Morgan fingerprint density at radius 3 is 2.78 bits per heavy atom. The summed E-state index contributed by atoms with van der Waals surface area (Å²) in [6.07, 6.45) is 5.27. The molecule has 1 aliphatic heterocycles. The van der Waals surface area contributed by atoms with Gasteiger partial charge < -0.3 is 15.0 Å². The Morgan fingerprint density at radius 1 is 1.19 bits per heavy atom. The van der Waals surface area contributed by atoms with Crippen LogP contribution in [0.15, 0.2) is 52.3 Å². The third kappa shape index (κ3) is 4.56. The van der Waals surface area contributed by atoms with Crippen molar-refractivity contribution >= 4 is 35.3 Å². The number of likely N-dealkylation sites (N-methyl/N-ethyl adjacent to an activating group) is 1. The van der Waals surface area contributed by atoms with E-state index in [0.717, 1.165) is 34.7 Å². The second-order valence-corrected chi connectivity index (χ2v) is 9.86. The molecular formula is C26H30N2O3S. The highest BCUT2D eigenvalue weighted by atomic mass is 32.2. The van der Waals surface area contributed by atoms with E-state index in [2.05, 4.69) is 19.2 Å². The van der Waals surface area contributed by atoms with Gasteiger partial charge in [-0.25, -0.2) is 0 Å². The number of benzene rings is 2. The molecule has 0 aromatic heterocycles. The topological polar surface area (TPSA) is 58.6 Å². The van der Waals surface area contributed by atoms with E-state index in [1.165, 1.54) is 18.2 Å². The van der Waals surface area contributed by atoms with E-state index in [1.54, 1.807) is 19.1 Å².